The summed E-state index contributed by atoms with van der Waals surface area (Å²) in [6, 6.07) is 15.7. The third kappa shape index (κ3) is 3.96. The van der Waals surface area contributed by atoms with Crippen LogP contribution < -0.4 is 9.47 Å². The average Bonchev–Trinajstić information content (AvgIpc) is 3.02. The molecule has 2 atom stereocenters. The predicted octanol–water partition coefficient (Wildman–Crippen LogP) is 3.39. The van der Waals surface area contributed by atoms with Gasteiger partial charge in [0.15, 0.2) is 11.5 Å². The van der Waals surface area contributed by atoms with Crippen LogP contribution >= 0.6 is 12.4 Å². The van der Waals surface area contributed by atoms with Crippen molar-refractivity contribution < 1.29 is 14.6 Å². The summed E-state index contributed by atoms with van der Waals surface area (Å²) in [7, 11) is 2.02. The lowest BCUT2D eigenvalue weighted by Gasteiger charge is -2.29. The van der Waals surface area contributed by atoms with E-state index in [4.69, 9.17) is 9.47 Å². The summed E-state index contributed by atoms with van der Waals surface area (Å²) in [5, 5.41) is 10.5. The number of nitrogens with zero attached hydrogens (tertiary/aromatic N) is 1. The van der Waals surface area contributed by atoms with Crippen molar-refractivity contribution in [1.29, 1.82) is 0 Å². The highest BCUT2D eigenvalue weighted by molar-refractivity contribution is 5.85. The number of likely N-dealkylation sites (N-methyl/N-ethyl adjacent to an activating group) is 1. The van der Waals surface area contributed by atoms with E-state index in [1.807, 2.05) is 62.5 Å². The van der Waals surface area contributed by atoms with Gasteiger partial charge in [-0.15, -0.1) is 12.4 Å². The molecule has 2 aromatic rings. The van der Waals surface area contributed by atoms with E-state index in [9.17, 15) is 5.11 Å². The van der Waals surface area contributed by atoms with Crippen LogP contribution in [0.5, 0.6) is 11.5 Å². The lowest BCUT2D eigenvalue weighted by molar-refractivity contribution is 0.0688. The minimum atomic E-state index is -0.514. The number of aliphatic hydroxyl groups excluding tert-OH is 1. The lowest BCUT2D eigenvalue weighted by atomic mass is 10.0. The number of hydrogen-bond donors (Lipinski definition) is 1. The number of hydrogen-bond acceptors (Lipinski definition) is 4. The fourth-order valence-corrected chi connectivity index (χ4v) is 2.64. The molecule has 0 amide bonds. The Kier molecular flexibility index (Phi) is 5.88. The number of aliphatic hydroxyl groups is 1. The van der Waals surface area contributed by atoms with Crippen molar-refractivity contribution >= 4 is 12.4 Å². The van der Waals surface area contributed by atoms with Crippen molar-refractivity contribution in [2.45, 2.75) is 25.6 Å². The summed E-state index contributed by atoms with van der Waals surface area (Å²) in [4.78, 5) is 2.13. The summed E-state index contributed by atoms with van der Waals surface area (Å²) in [5.41, 5.74) is 2.08. The Balaban J connectivity index is 0.00000192. The van der Waals surface area contributed by atoms with Crippen molar-refractivity contribution in [3.8, 4) is 11.5 Å². The molecule has 1 aliphatic rings. The molecule has 5 heteroatoms. The average molecular weight is 336 g/mol. The molecule has 0 fully saturated rings. The van der Waals surface area contributed by atoms with E-state index in [2.05, 4.69) is 4.90 Å². The third-order valence-electron chi connectivity index (χ3n) is 4.16. The van der Waals surface area contributed by atoms with Gasteiger partial charge in [-0.2, -0.15) is 0 Å². The van der Waals surface area contributed by atoms with Gasteiger partial charge >= 0.3 is 0 Å². The fraction of sp³-hybridized carbons (Fsp3) is 0.333. The van der Waals surface area contributed by atoms with E-state index in [-0.39, 0.29) is 25.2 Å². The monoisotopic (exact) mass is 335 g/mol. The van der Waals surface area contributed by atoms with Crippen molar-refractivity contribution in [3.63, 3.8) is 0 Å². The van der Waals surface area contributed by atoms with E-state index in [1.165, 1.54) is 0 Å². The Labute approximate surface area is 143 Å². The van der Waals surface area contributed by atoms with Crippen LogP contribution in [0.4, 0.5) is 0 Å². The van der Waals surface area contributed by atoms with Gasteiger partial charge in [-0.25, -0.2) is 0 Å². The highest BCUT2D eigenvalue weighted by atomic mass is 35.5. The first-order valence-corrected chi connectivity index (χ1v) is 7.47. The summed E-state index contributed by atoms with van der Waals surface area (Å²) < 4.78 is 10.7. The number of fused-ring (bicyclic) bond motifs is 1. The Morgan fingerprint density at radius 2 is 1.78 bits per heavy atom. The van der Waals surface area contributed by atoms with Gasteiger partial charge in [0.2, 0.25) is 6.79 Å². The maximum Gasteiger partial charge on any atom is 0.231 e. The maximum atomic E-state index is 10.5. The second kappa shape index (κ2) is 7.68. The van der Waals surface area contributed by atoms with Gasteiger partial charge in [0.1, 0.15) is 0 Å². The molecular weight excluding hydrogens is 314 g/mol. The predicted molar refractivity (Wildman–Crippen MR) is 92.1 cm³/mol. The molecule has 3 rings (SSSR count). The first-order chi connectivity index (χ1) is 10.6. The molecule has 0 spiro atoms. The van der Waals surface area contributed by atoms with Gasteiger partial charge in [0, 0.05) is 12.6 Å². The van der Waals surface area contributed by atoms with Crippen LogP contribution in [0.15, 0.2) is 48.5 Å². The van der Waals surface area contributed by atoms with Gasteiger partial charge < -0.3 is 14.6 Å². The van der Waals surface area contributed by atoms with E-state index in [1.54, 1.807) is 0 Å². The molecule has 1 aliphatic heterocycles. The zero-order chi connectivity index (χ0) is 15.5. The molecule has 0 saturated carbocycles. The Morgan fingerprint density at radius 3 is 2.52 bits per heavy atom. The molecular formula is C18H22ClNO3. The van der Waals surface area contributed by atoms with Crippen LogP contribution in [0.25, 0.3) is 0 Å². The molecule has 1 N–H and O–H groups in total. The molecule has 0 aliphatic carbocycles. The number of benzene rings is 2. The number of ether oxygens (including phenoxy) is 2. The molecule has 0 radical (unpaired) electrons. The second-order valence-corrected chi connectivity index (χ2v) is 5.70. The molecule has 2 unspecified atom stereocenters. The molecule has 0 saturated heterocycles. The Hall–Kier alpha value is -1.75. The molecule has 124 valence electrons. The van der Waals surface area contributed by atoms with Crippen LogP contribution in [0, 0.1) is 0 Å². The summed E-state index contributed by atoms with van der Waals surface area (Å²) in [5.74, 6) is 1.59. The third-order valence-corrected chi connectivity index (χ3v) is 4.16. The zero-order valence-electron chi connectivity index (χ0n) is 13.3. The Morgan fingerprint density at radius 1 is 1.09 bits per heavy atom. The first-order valence-electron chi connectivity index (χ1n) is 7.47. The van der Waals surface area contributed by atoms with Crippen molar-refractivity contribution in [1.82, 2.24) is 4.90 Å². The fourth-order valence-electron chi connectivity index (χ4n) is 2.64. The van der Waals surface area contributed by atoms with E-state index in [0.29, 0.717) is 0 Å². The quantitative estimate of drug-likeness (QED) is 0.909. The van der Waals surface area contributed by atoms with E-state index in [0.717, 1.165) is 29.2 Å². The lowest BCUT2D eigenvalue weighted by Crippen LogP contribution is -2.33. The smallest absolute Gasteiger partial charge is 0.231 e. The van der Waals surface area contributed by atoms with Crippen molar-refractivity contribution in [3.05, 3.63) is 59.7 Å². The normalized spacial score (nSPS) is 15.1. The summed E-state index contributed by atoms with van der Waals surface area (Å²) >= 11 is 0. The van der Waals surface area contributed by atoms with E-state index >= 15 is 0 Å². The molecule has 0 aromatic heterocycles. The summed E-state index contributed by atoms with van der Waals surface area (Å²) in [6.45, 7) is 3.06. The standard InChI is InChI=1S/C18H21NO3.ClH/c1-13(18(20)15-6-4-3-5-7-15)19(2)11-14-8-9-16-17(10-14)22-12-21-16;/h3-10,13,18,20H,11-12H2,1-2H3;1H. The van der Waals surface area contributed by atoms with Gasteiger partial charge in [-0.05, 0) is 37.2 Å². The van der Waals surface area contributed by atoms with Gasteiger partial charge in [0.25, 0.3) is 0 Å². The zero-order valence-corrected chi connectivity index (χ0v) is 14.1. The van der Waals surface area contributed by atoms with Crippen LogP contribution in [0.3, 0.4) is 0 Å². The maximum absolute atomic E-state index is 10.5. The molecule has 1 heterocycles. The second-order valence-electron chi connectivity index (χ2n) is 5.70. The SMILES string of the molecule is CC(C(O)c1ccccc1)N(C)Cc1ccc2c(c1)OCO2.Cl. The van der Waals surface area contributed by atoms with E-state index < -0.39 is 6.10 Å². The summed E-state index contributed by atoms with van der Waals surface area (Å²) in [6.07, 6.45) is -0.514. The van der Waals surface area contributed by atoms with Gasteiger partial charge in [0.05, 0.1) is 6.10 Å². The van der Waals surface area contributed by atoms with Crippen molar-refractivity contribution in [2.75, 3.05) is 13.8 Å². The minimum Gasteiger partial charge on any atom is -0.454 e. The van der Waals surface area contributed by atoms with Crippen LogP contribution in [0.1, 0.15) is 24.2 Å². The molecule has 2 aromatic carbocycles. The van der Waals surface area contributed by atoms with Gasteiger partial charge in [-0.1, -0.05) is 36.4 Å². The van der Waals surface area contributed by atoms with Gasteiger partial charge in [-0.3, -0.25) is 4.90 Å². The van der Waals surface area contributed by atoms with Crippen LogP contribution in [-0.2, 0) is 6.54 Å². The minimum absolute atomic E-state index is 0. The molecule has 23 heavy (non-hydrogen) atoms. The van der Waals surface area contributed by atoms with Crippen LogP contribution in [-0.4, -0.2) is 29.9 Å². The van der Waals surface area contributed by atoms with Crippen molar-refractivity contribution in [2.24, 2.45) is 0 Å². The highest BCUT2D eigenvalue weighted by Gasteiger charge is 2.21. The highest BCUT2D eigenvalue weighted by Crippen LogP contribution is 2.33. The largest absolute Gasteiger partial charge is 0.454 e. The Bertz CT molecular complexity index is 635. The number of rotatable bonds is 5. The van der Waals surface area contributed by atoms with Crippen LogP contribution in [0.2, 0.25) is 0 Å². The topological polar surface area (TPSA) is 41.9 Å². The first kappa shape index (κ1) is 17.6. The number of halogens is 1. The molecule has 0 bridgehead atoms. The molecule has 4 nitrogen and oxygen atoms in total.